The van der Waals surface area contributed by atoms with E-state index in [4.69, 9.17) is 0 Å². The number of nitrogens with zero attached hydrogens (tertiary/aromatic N) is 4. The summed E-state index contributed by atoms with van der Waals surface area (Å²) in [6.45, 7) is 0. The van der Waals surface area contributed by atoms with Crippen molar-refractivity contribution in [1.29, 1.82) is 0 Å². The molecule has 0 aliphatic heterocycles. The molecule has 140 valence electrons. The number of rotatable bonds is 6. The number of esters is 1. The van der Waals surface area contributed by atoms with Gasteiger partial charge in [-0.2, -0.15) is 4.68 Å². The molecule has 0 bridgehead atoms. The van der Waals surface area contributed by atoms with Gasteiger partial charge in [0.1, 0.15) is 0 Å². The number of hydrogen-bond acceptors (Lipinski definition) is 8. The Balaban J connectivity index is 1.91. The number of aromatic nitrogens is 4. The van der Waals surface area contributed by atoms with Crippen LogP contribution in [-0.4, -0.2) is 48.0 Å². The second-order valence-electron chi connectivity index (χ2n) is 5.25. The van der Waals surface area contributed by atoms with Crippen molar-refractivity contribution in [3.63, 3.8) is 0 Å². The second kappa shape index (κ2) is 7.76. The summed E-state index contributed by atoms with van der Waals surface area (Å²) in [5.74, 6) is -0.614. The van der Waals surface area contributed by atoms with Gasteiger partial charge in [-0.05, 0) is 53.1 Å². The minimum absolute atomic E-state index is 0.0528. The first-order valence-electron chi connectivity index (χ1n) is 7.58. The summed E-state index contributed by atoms with van der Waals surface area (Å²) in [5.41, 5.74) is 1.08. The lowest BCUT2D eigenvalue weighted by molar-refractivity contribution is 0.0600. The van der Waals surface area contributed by atoms with Crippen LogP contribution in [0.5, 0.6) is 0 Å². The highest BCUT2D eigenvalue weighted by Crippen LogP contribution is 2.21. The average Bonchev–Trinajstić information content (AvgIpc) is 3.16. The Kier molecular flexibility index (Phi) is 5.42. The molecule has 0 aliphatic rings. The van der Waals surface area contributed by atoms with Crippen LogP contribution in [0.25, 0.3) is 5.69 Å². The number of hydrogen-bond donors (Lipinski definition) is 1. The predicted molar refractivity (Wildman–Crippen MR) is 99.5 cm³/mol. The fraction of sp³-hybridized carbons (Fsp3) is 0.125. The van der Waals surface area contributed by atoms with E-state index in [1.807, 2.05) is 6.26 Å². The molecule has 0 radical (unpaired) electrons. The van der Waals surface area contributed by atoms with E-state index in [9.17, 15) is 13.2 Å². The molecule has 2 aromatic carbocycles. The minimum atomic E-state index is -3.90. The zero-order valence-electron chi connectivity index (χ0n) is 14.4. The van der Waals surface area contributed by atoms with Gasteiger partial charge in [0.05, 0.1) is 28.9 Å². The number of thioether (sulfide) groups is 1. The van der Waals surface area contributed by atoms with Crippen molar-refractivity contribution in [3.05, 3.63) is 54.1 Å². The molecule has 0 saturated carbocycles. The lowest BCUT2D eigenvalue weighted by Gasteiger charge is -2.10. The first-order chi connectivity index (χ1) is 12.9. The fourth-order valence-corrected chi connectivity index (χ4v) is 3.82. The van der Waals surface area contributed by atoms with Gasteiger partial charge in [-0.1, -0.05) is 23.9 Å². The third kappa shape index (κ3) is 4.09. The number of tetrazole rings is 1. The number of carbonyl (C=O) groups is 1. The van der Waals surface area contributed by atoms with Crippen LogP contribution in [0, 0.1) is 0 Å². The molecule has 3 aromatic rings. The van der Waals surface area contributed by atoms with Gasteiger partial charge in [-0.25, -0.2) is 13.2 Å². The van der Waals surface area contributed by atoms with E-state index in [2.05, 4.69) is 25.0 Å². The number of carbonyl (C=O) groups excluding carboxylic acids is 1. The number of nitrogens with one attached hydrogen (secondary N) is 1. The summed E-state index contributed by atoms with van der Waals surface area (Å²) in [7, 11) is -2.67. The van der Waals surface area contributed by atoms with E-state index in [1.165, 1.54) is 47.8 Å². The molecule has 3 rings (SSSR count). The van der Waals surface area contributed by atoms with Gasteiger partial charge in [0.25, 0.3) is 10.0 Å². The quantitative estimate of drug-likeness (QED) is 0.489. The van der Waals surface area contributed by atoms with Gasteiger partial charge in [-0.15, -0.1) is 5.10 Å². The third-order valence-corrected chi connectivity index (χ3v) is 5.53. The number of sulfonamides is 1. The summed E-state index contributed by atoms with van der Waals surface area (Å²) in [6, 6.07) is 12.3. The van der Waals surface area contributed by atoms with E-state index < -0.39 is 16.0 Å². The summed E-state index contributed by atoms with van der Waals surface area (Å²) < 4.78 is 34.0. The normalized spacial score (nSPS) is 11.2. The van der Waals surface area contributed by atoms with Gasteiger partial charge in [-0.3, -0.25) is 4.72 Å². The minimum Gasteiger partial charge on any atom is -0.465 e. The molecular formula is C16H15N5O4S2. The zero-order chi connectivity index (χ0) is 19.4. The predicted octanol–water partition coefficient (Wildman–Crippen LogP) is 1.97. The number of benzene rings is 2. The Morgan fingerprint density at radius 2 is 1.96 bits per heavy atom. The third-order valence-electron chi connectivity index (χ3n) is 3.53. The molecule has 9 nitrogen and oxygen atoms in total. The van der Waals surface area contributed by atoms with Crippen molar-refractivity contribution in [2.45, 2.75) is 10.1 Å². The van der Waals surface area contributed by atoms with E-state index in [1.54, 1.807) is 24.3 Å². The molecule has 0 saturated heterocycles. The number of anilines is 1. The Morgan fingerprint density at radius 3 is 2.70 bits per heavy atom. The van der Waals surface area contributed by atoms with Gasteiger partial charge in [0.2, 0.25) is 5.16 Å². The number of ether oxygens (including phenoxy) is 1. The molecule has 27 heavy (non-hydrogen) atoms. The van der Waals surface area contributed by atoms with Crippen molar-refractivity contribution in [3.8, 4) is 5.69 Å². The molecule has 0 fully saturated rings. The molecule has 0 aliphatic carbocycles. The molecule has 0 unspecified atom stereocenters. The molecule has 0 spiro atoms. The summed E-state index contributed by atoms with van der Waals surface area (Å²) >= 11 is 1.36. The Hall–Kier alpha value is -2.92. The highest BCUT2D eigenvalue weighted by molar-refractivity contribution is 7.98. The first kappa shape index (κ1) is 18.9. The number of methoxy groups -OCH3 is 1. The smallest absolute Gasteiger partial charge is 0.337 e. The van der Waals surface area contributed by atoms with Crippen molar-refractivity contribution in [2.75, 3.05) is 18.1 Å². The maximum absolute atomic E-state index is 12.7. The van der Waals surface area contributed by atoms with Crippen LogP contribution in [-0.2, 0) is 14.8 Å². The molecular weight excluding hydrogens is 390 g/mol. The van der Waals surface area contributed by atoms with Crippen molar-refractivity contribution in [2.24, 2.45) is 0 Å². The van der Waals surface area contributed by atoms with Crippen LogP contribution in [0.2, 0.25) is 0 Å². The van der Waals surface area contributed by atoms with E-state index >= 15 is 0 Å². The van der Waals surface area contributed by atoms with E-state index in [0.29, 0.717) is 16.5 Å². The largest absolute Gasteiger partial charge is 0.465 e. The molecule has 1 heterocycles. The Bertz CT molecular complexity index is 1080. The highest BCUT2D eigenvalue weighted by atomic mass is 32.2. The molecule has 1 N–H and O–H groups in total. The lowest BCUT2D eigenvalue weighted by Crippen LogP contribution is -2.14. The van der Waals surface area contributed by atoms with Crippen molar-refractivity contribution < 1.29 is 17.9 Å². The standard InChI is InChI=1S/C16H15N5O4S2/c1-25-15(22)11-5-3-8-14(9-11)27(23,24)18-12-6-4-7-13(10-12)21-16(26-2)17-19-20-21/h3-10,18H,1-2H3. The van der Waals surface area contributed by atoms with Gasteiger partial charge in [0, 0.05) is 0 Å². The summed E-state index contributed by atoms with van der Waals surface area (Å²) in [5, 5.41) is 12.0. The monoisotopic (exact) mass is 405 g/mol. The maximum atomic E-state index is 12.7. The topological polar surface area (TPSA) is 116 Å². The van der Waals surface area contributed by atoms with Crippen LogP contribution in [0.4, 0.5) is 5.69 Å². The van der Waals surface area contributed by atoms with E-state index in [0.717, 1.165) is 0 Å². The second-order valence-corrected chi connectivity index (χ2v) is 7.71. The van der Waals surface area contributed by atoms with Crippen LogP contribution in [0.1, 0.15) is 10.4 Å². The van der Waals surface area contributed by atoms with Crippen LogP contribution in [0.3, 0.4) is 0 Å². The van der Waals surface area contributed by atoms with Crippen LogP contribution >= 0.6 is 11.8 Å². The molecule has 11 heteroatoms. The maximum Gasteiger partial charge on any atom is 0.337 e. The van der Waals surface area contributed by atoms with Crippen molar-refractivity contribution in [1.82, 2.24) is 20.2 Å². The Labute approximate surface area is 159 Å². The molecule has 1 aromatic heterocycles. The zero-order valence-corrected chi connectivity index (χ0v) is 16.0. The van der Waals surface area contributed by atoms with Gasteiger partial charge in [0.15, 0.2) is 0 Å². The lowest BCUT2D eigenvalue weighted by atomic mass is 10.2. The molecule has 0 atom stereocenters. The van der Waals surface area contributed by atoms with Crippen molar-refractivity contribution >= 4 is 33.4 Å². The van der Waals surface area contributed by atoms with Gasteiger partial charge < -0.3 is 4.74 Å². The molecule has 0 amide bonds. The van der Waals surface area contributed by atoms with Crippen LogP contribution in [0.15, 0.2) is 58.6 Å². The Morgan fingerprint density at radius 1 is 1.19 bits per heavy atom. The van der Waals surface area contributed by atoms with Gasteiger partial charge >= 0.3 is 5.97 Å². The summed E-state index contributed by atoms with van der Waals surface area (Å²) in [6.07, 6.45) is 1.84. The van der Waals surface area contributed by atoms with E-state index in [-0.39, 0.29) is 10.5 Å². The summed E-state index contributed by atoms with van der Waals surface area (Å²) in [4.78, 5) is 11.6. The average molecular weight is 405 g/mol. The SMILES string of the molecule is COC(=O)c1cccc(S(=O)(=O)Nc2cccc(-n3nnnc3SC)c2)c1. The van der Waals surface area contributed by atoms with Crippen LogP contribution < -0.4 is 4.72 Å². The highest BCUT2D eigenvalue weighted by Gasteiger charge is 2.17. The fourth-order valence-electron chi connectivity index (χ4n) is 2.29. The first-order valence-corrected chi connectivity index (χ1v) is 10.3.